The molecule has 3 nitrogen and oxygen atoms in total. The molecule has 0 aliphatic heterocycles. The molecule has 4 heteroatoms. The number of aryl methyl sites for hydroxylation is 1. The van der Waals surface area contributed by atoms with Gasteiger partial charge in [-0.05, 0) is 42.3 Å². The molecule has 0 bridgehead atoms. The number of nitrogens with zero attached hydrogens (tertiary/aromatic N) is 1. The van der Waals surface area contributed by atoms with Crippen LogP contribution >= 0.6 is 11.6 Å². The van der Waals surface area contributed by atoms with Gasteiger partial charge in [0, 0.05) is 6.20 Å². The summed E-state index contributed by atoms with van der Waals surface area (Å²) in [7, 11) is 0. The molecule has 16 heavy (non-hydrogen) atoms. The van der Waals surface area contributed by atoms with Gasteiger partial charge in [0.25, 0.3) is 0 Å². The Morgan fingerprint density at radius 3 is 2.88 bits per heavy atom. The average Bonchev–Trinajstić information content (AvgIpc) is 2.68. The van der Waals surface area contributed by atoms with Crippen LogP contribution in [0, 0.1) is 6.92 Å². The molecule has 2 aromatic heterocycles. The predicted octanol–water partition coefficient (Wildman–Crippen LogP) is 3.06. The highest BCUT2D eigenvalue weighted by molar-refractivity contribution is 6.29. The SMILES string of the molecule is Cc1cccnc1CC(=O)c1ccc(Cl)o1. The third-order valence-corrected chi connectivity index (χ3v) is 2.50. The van der Waals surface area contributed by atoms with Gasteiger partial charge in [0.2, 0.25) is 5.78 Å². The van der Waals surface area contributed by atoms with Gasteiger partial charge in [-0.1, -0.05) is 6.07 Å². The first-order valence-corrected chi connectivity index (χ1v) is 5.23. The van der Waals surface area contributed by atoms with E-state index in [1.165, 1.54) is 0 Å². The number of ketones is 1. The summed E-state index contributed by atoms with van der Waals surface area (Å²) in [6.07, 6.45) is 1.90. The van der Waals surface area contributed by atoms with Gasteiger partial charge in [0.05, 0.1) is 12.1 Å². The fourth-order valence-electron chi connectivity index (χ4n) is 1.41. The summed E-state index contributed by atoms with van der Waals surface area (Å²) in [6.45, 7) is 1.92. The first kappa shape index (κ1) is 10.9. The Labute approximate surface area is 98.1 Å². The number of Topliss-reactive ketones (excluding diaryl/α,β-unsaturated/α-hetero) is 1. The monoisotopic (exact) mass is 235 g/mol. The number of carbonyl (C=O) groups is 1. The maximum absolute atomic E-state index is 11.8. The Morgan fingerprint density at radius 1 is 1.44 bits per heavy atom. The number of hydrogen-bond acceptors (Lipinski definition) is 3. The number of rotatable bonds is 3. The zero-order chi connectivity index (χ0) is 11.5. The third kappa shape index (κ3) is 2.31. The molecule has 0 saturated heterocycles. The quantitative estimate of drug-likeness (QED) is 0.768. The number of furan rings is 1. The van der Waals surface area contributed by atoms with Crippen LogP contribution in [0.25, 0.3) is 0 Å². The van der Waals surface area contributed by atoms with Crippen molar-refractivity contribution in [1.29, 1.82) is 0 Å². The van der Waals surface area contributed by atoms with Crippen LogP contribution in [-0.4, -0.2) is 10.8 Å². The highest BCUT2D eigenvalue weighted by atomic mass is 35.5. The summed E-state index contributed by atoms with van der Waals surface area (Å²) in [6, 6.07) is 6.89. The van der Waals surface area contributed by atoms with Crippen molar-refractivity contribution in [2.75, 3.05) is 0 Å². The number of pyridine rings is 1. The molecule has 0 aromatic carbocycles. The molecule has 82 valence electrons. The molecular formula is C12H10ClNO2. The van der Waals surface area contributed by atoms with E-state index in [0.29, 0.717) is 0 Å². The summed E-state index contributed by atoms with van der Waals surface area (Å²) >= 11 is 5.60. The number of hydrogen-bond donors (Lipinski definition) is 0. The minimum atomic E-state index is -0.117. The molecule has 0 fully saturated rings. The third-order valence-electron chi connectivity index (χ3n) is 2.29. The molecule has 0 N–H and O–H groups in total. The Kier molecular flexibility index (Phi) is 3.06. The van der Waals surface area contributed by atoms with Gasteiger partial charge < -0.3 is 4.42 Å². The first-order chi connectivity index (χ1) is 7.66. The topological polar surface area (TPSA) is 43.1 Å². The van der Waals surface area contributed by atoms with Crippen molar-refractivity contribution < 1.29 is 9.21 Å². The van der Waals surface area contributed by atoms with Crippen molar-refractivity contribution >= 4 is 17.4 Å². The number of aromatic nitrogens is 1. The number of halogens is 1. The van der Waals surface area contributed by atoms with E-state index in [1.54, 1.807) is 18.3 Å². The maximum Gasteiger partial charge on any atom is 0.204 e. The maximum atomic E-state index is 11.8. The summed E-state index contributed by atoms with van der Waals surface area (Å²) in [4.78, 5) is 15.9. The molecule has 0 atom stereocenters. The van der Waals surface area contributed by atoms with Crippen molar-refractivity contribution in [2.45, 2.75) is 13.3 Å². The van der Waals surface area contributed by atoms with E-state index >= 15 is 0 Å². The van der Waals surface area contributed by atoms with Gasteiger partial charge in [0.15, 0.2) is 11.0 Å². The van der Waals surface area contributed by atoms with Crippen LogP contribution in [0.1, 0.15) is 21.8 Å². The molecule has 0 aliphatic carbocycles. The highest BCUT2D eigenvalue weighted by Crippen LogP contribution is 2.15. The van der Waals surface area contributed by atoms with Crippen LogP contribution < -0.4 is 0 Å². The lowest BCUT2D eigenvalue weighted by Crippen LogP contribution is -2.05. The molecule has 0 saturated carbocycles. The van der Waals surface area contributed by atoms with Crippen LogP contribution in [0.5, 0.6) is 0 Å². The minimum Gasteiger partial charge on any atom is -0.442 e. The van der Waals surface area contributed by atoms with Crippen LogP contribution in [0.3, 0.4) is 0 Å². The van der Waals surface area contributed by atoms with E-state index in [2.05, 4.69) is 4.98 Å². The van der Waals surface area contributed by atoms with E-state index in [1.807, 2.05) is 19.1 Å². The van der Waals surface area contributed by atoms with Gasteiger partial charge in [-0.25, -0.2) is 0 Å². The van der Waals surface area contributed by atoms with Gasteiger partial charge >= 0.3 is 0 Å². The molecule has 2 aromatic rings. The zero-order valence-corrected chi connectivity index (χ0v) is 9.49. The van der Waals surface area contributed by atoms with Crippen molar-refractivity contribution in [2.24, 2.45) is 0 Å². The molecule has 2 heterocycles. The summed E-state index contributed by atoms with van der Waals surface area (Å²) in [5.74, 6) is 0.156. The summed E-state index contributed by atoms with van der Waals surface area (Å²) < 4.78 is 5.05. The van der Waals surface area contributed by atoms with Crippen LogP contribution in [0.4, 0.5) is 0 Å². The average molecular weight is 236 g/mol. The fourth-order valence-corrected chi connectivity index (χ4v) is 1.55. The Morgan fingerprint density at radius 2 is 2.25 bits per heavy atom. The molecule has 0 amide bonds. The number of carbonyl (C=O) groups excluding carboxylic acids is 1. The van der Waals surface area contributed by atoms with Crippen molar-refractivity contribution in [3.8, 4) is 0 Å². The minimum absolute atomic E-state index is 0.117. The highest BCUT2D eigenvalue weighted by Gasteiger charge is 2.13. The molecule has 2 rings (SSSR count). The predicted molar refractivity (Wildman–Crippen MR) is 60.7 cm³/mol. The molecule has 0 radical (unpaired) electrons. The van der Waals surface area contributed by atoms with E-state index in [-0.39, 0.29) is 23.2 Å². The van der Waals surface area contributed by atoms with E-state index < -0.39 is 0 Å². The van der Waals surface area contributed by atoms with Crippen molar-refractivity contribution in [1.82, 2.24) is 4.98 Å². The van der Waals surface area contributed by atoms with E-state index in [9.17, 15) is 4.79 Å². The molecule has 0 spiro atoms. The normalized spacial score (nSPS) is 10.4. The molecular weight excluding hydrogens is 226 g/mol. The Balaban J connectivity index is 2.17. The second-order valence-electron chi connectivity index (χ2n) is 3.47. The second kappa shape index (κ2) is 4.49. The second-order valence-corrected chi connectivity index (χ2v) is 3.84. The lowest BCUT2D eigenvalue weighted by Gasteiger charge is -2.01. The van der Waals surface area contributed by atoms with Crippen molar-refractivity contribution in [3.05, 3.63) is 52.7 Å². The van der Waals surface area contributed by atoms with E-state index in [4.69, 9.17) is 16.0 Å². The van der Waals surface area contributed by atoms with Crippen molar-refractivity contribution in [3.63, 3.8) is 0 Å². The smallest absolute Gasteiger partial charge is 0.204 e. The lowest BCUT2D eigenvalue weighted by molar-refractivity contribution is 0.0965. The molecule has 0 aliphatic rings. The first-order valence-electron chi connectivity index (χ1n) is 4.86. The van der Waals surface area contributed by atoms with Gasteiger partial charge in [-0.15, -0.1) is 0 Å². The fraction of sp³-hybridized carbons (Fsp3) is 0.167. The van der Waals surface area contributed by atoms with Gasteiger partial charge in [0.1, 0.15) is 0 Å². The van der Waals surface area contributed by atoms with E-state index in [0.717, 1.165) is 11.3 Å². The zero-order valence-electron chi connectivity index (χ0n) is 8.74. The Bertz CT molecular complexity index is 519. The molecule has 0 unspecified atom stereocenters. The van der Waals surface area contributed by atoms with Gasteiger partial charge in [-0.2, -0.15) is 0 Å². The van der Waals surface area contributed by atoms with Crippen LogP contribution in [0.15, 0.2) is 34.9 Å². The standard InChI is InChI=1S/C12H10ClNO2/c1-8-3-2-6-14-9(8)7-10(15)11-4-5-12(13)16-11/h2-6H,7H2,1H3. The summed E-state index contributed by atoms with van der Waals surface area (Å²) in [5.41, 5.74) is 1.76. The Hall–Kier alpha value is -1.61. The largest absolute Gasteiger partial charge is 0.442 e. The summed E-state index contributed by atoms with van der Waals surface area (Å²) in [5, 5.41) is 0.223. The lowest BCUT2D eigenvalue weighted by atomic mass is 10.1. The van der Waals surface area contributed by atoms with Crippen LogP contribution in [-0.2, 0) is 6.42 Å². The van der Waals surface area contributed by atoms with Crippen LogP contribution in [0.2, 0.25) is 5.22 Å². The van der Waals surface area contributed by atoms with Gasteiger partial charge in [-0.3, -0.25) is 9.78 Å².